The van der Waals surface area contributed by atoms with E-state index in [1.54, 1.807) is 0 Å². The van der Waals surface area contributed by atoms with Gasteiger partial charge in [-0.05, 0) is 62.2 Å². The van der Waals surface area contributed by atoms with Crippen LogP contribution in [0.5, 0.6) is 0 Å². The molecule has 9 heteroatoms. The Morgan fingerprint density at radius 1 is 1.17 bits per heavy atom. The molecule has 0 aliphatic heterocycles. The molecular weight excluding hydrogens is 398 g/mol. The molecule has 158 valence electrons. The molecule has 1 aromatic carbocycles. The molecule has 0 unspecified atom stereocenters. The van der Waals surface area contributed by atoms with Gasteiger partial charge < -0.3 is 15.5 Å². The first-order chi connectivity index (χ1) is 14.5. The lowest BCUT2D eigenvalue weighted by molar-refractivity contribution is 0.0946. The summed E-state index contributed by atoms with van der Waals surface area (Å²) < 4.78 is 3.83. The number of aryl methyl sites for hydroxylation is 1. The number of carbonyl (C=O) groups excluding carboxylic acids is 1. The van der Waals surface area contributed by atoms with E-state index in [4.69, 9.17) is 9.97 Å². The number of rotatable bonds is 6. The van der Waals surface area contributed by atoms with Crippen LogP contribution in [-0.2, 0) is 0 Å². The standard InChI is InChI=1S/C21H27N7OS/c1-13-18(30-27-26-13)20(29)22-12-14-8-10-15(11-9-14)23-21-24-17-7-5-4-6-16(17)19(25-21)28(2)3/h4-7,14-15H,8-12H2,1-3H3,(H,22,29)(H,23,24,25)/t14-,15+. The van der Waals surface area contributed by atoms with Crippen LogP contribution >= 0.6 is 11.5 Å². The Kier molecular flexibility index (Phi) is 6.08. The lowest BCUT2D eigenvalue weighted by Crippen LogP contribution is -2.34. The molecule has 1 aliphatic rings. The Bertz CT molecular complexity index is 1030. The molecule has 0 saturated heterocycles. The van der Waals surface area contributed by atoms with E-state index >= 15 is 0 Å². The number of para-hydroxylation sites is 1. The molecule has 0 atom stereocenters. The maximum atomic E-state index is 12.3. The molecule has 8 nitrogen and oxygen atoms in total. The normalized spacial score (nSPS) is 18.9. The van der Waals surface area contributed by atoms with Crippen molar-refractivity contribution in [3.63, 3.8) is 0 Å². The molecule has 1 amide bonds. The highest BCUT2D eigenvalue weighted by molar-refractivity contribution is 7.08. The van der Waals surface area contributed by atoms with Gasteiger partial charge in [-0.15, -0.1) is 5.10 Å². The average molecular weight is 426 g/mol. The van der Waals surface area contributed by atoms with E-state index in [0.717, 1.165) is 53.9 Å². The fraction of sp³-hybridized carbons (Fsp3) is 0.476. The van der Waals surface area contributed by atoms with Gasteiger partial charge in [0, 0.05) is 32.1 Å². The molecule has 2 N–H and O–H groups in total. The minimum absolute atomic E-state index is 0.0662. The predicted octanol–water partition coefficient (Wildman–Crippen LogP) is 3.26. The molecule has 2 aromatic heterocycles. The second-order valence-corrected chi connectivity index (χ2v) is 8.80. The third kappa shape index (κ3) is 4.51. The molecule has 4 rings (SSSR count). The summed E-state index contributed by atoms with van der Waals surface area (Å²) in [6, 6.07) is 8.44. The van der Waals surface area contributed by atoms with E-state index in [9.17, 15) is 4.79 Å². The zero-order chi connectivity index (χ0) is 21.1. The molecule has 0 bridgehead atoms. The van der Waals surface area contributed by atoms with E-state index < -0.39 is 0 Å². The van der Waals surface area contributed by atoms with Crippen molar-refractivity contribution >= 4 is 40.1 Å². The van der Waals surface area contributed by atoms with Crippen LogP contribution in [-0.4, -0.2) is 52.1 Å². The van der Waals surface area contributed by atoms with E-state index in [0.29, 0.717) is 35.0 Å². The van der Waals surface area contributed by atoms with Crippen LogP contribution in [0.4, 0.5) is 11.8 Å². The van der Waals surface area contributed by atoms with Gasteiger partial charge in [-0.3, -0.25) is 4.79 Å². The highest BCUT2D eigenvalue weighted by atomic mass is 32.1. The SMILES string of the molecule is Cc1nnsc1C(=O)NC[C@H]1CC[C@@H](Nc2nc(N(C)C)c3ccccc3n2)CC1. The molecule has 2 heterocycles. The Balaban J connectivity index is 1.33. The molecular formula is C21H27N7OS. The number of benzene rings is 1. The topological polar surface area (TPSA) is 95.9 Å². The number of hydrogen-bond donors (Lipinski definition) is 2. The summed E-state index contributed by atoms with van der Waals surface area (Å²) in [7, 11) is 4.00. The molecule has 30 heavy (non-hydrogen) atoms. The zero-order valence-electron chi connectivity index (χ0n) is 17.6. The van der Waals surface area contributed by atoms with Crippen LogP contribution in [0.1, 0.15) is 41.0 Å². The second kappa shape index (κ2) is 8.91. The smallest absolute Gasteiger partial charge is 0.264 e. The molecule has 1 saturated carbocycles. The molecule has 3 aromatic rings. The Hall–Kier alpha value is -2.81. The summed E-state index contributed by atoms with van der Waals surface area (Å²) in [4.78, 5) is 24.3. The van der Waals surface area contributed by atoms with Gasteiger partial charge in [0.25, 0.3) is 5.91 Å². The number of carbonyl (C=O) groups is 1. The monoisotopic (exact) mass is 425 g/mol. The number of nitrogens with zero attached hydrogens (tertiary/aromatic N) is 5. The summed E-state index contributed by atoms with van der Waals surface area (Å²) in [5, 5.41) is 11.5. The van der Waals surface area contributed by atoms with Crippen molar-refractivity contribution in [1.29, 1.82) is 0 Å². The van der Waals surface area contributed by atoms with E-state index in [1.165, 1.54) is 0 Å². The number of fused-ring (bicyclic) bond motifs is 1. The molecule has 1 aliphatic carbocycles. The minimum Gasteiger partial charge on any atom is -0.362 e. The highest BCUT2D eigenvalue weighted by Gasteiger charge is 2.23. The first kappa shape index (κ1) is 20.5. The van der Waals surface area contributed by atoms with Crippen molar-refractivity contribution in [3.8, 4) is 0 Å². The van der Waals surface area contributed by atoms with Crippen LogP contribution < -0.4 is 15.5 Å². The van der Waals surface area contributed by atoms with Crippen LogP contribution in [0.15, 0.2) is 24.3 Å². The van der Waals surface area contributed by atoms with Crippen LogP contribution in [0.25, 0.3) is 10.9 Å². The fourth-order valence-electron chi connectivity index (χ4n) is 3.92. The number of nitrogens with one attached hydrogen (secondary N) is 2. The highest BCUT2D eigenvalue weighted by Crippen LogP contribution is 2.28. The largest absolute Gasteiger partial charge is 0.362 e. The van der Waals surface area contributed by atoms with Gasteiger partial charge in [0.05, 0.1) is 11.2 Å². The third-order valence-electron chi connectivity index (χ3n) is 5.60. The number of amides is 1. The van der Waals surface area contributed by atoms with Crippen molar-refractivity contribution in [3.05, 3.63) is 34.8 Å². The maximum absolute atomic E-state index is 12.3. The van der Waals surface area contributed by atoms with Crippen molar-refractivity contribution < 1.29 is 4.79 Å². The third-order valence-corrected chi connectivity index (χ3v) is 6.42. The van der Waals surface area contributed by atoms with E-state index in [-0.39, 0.29) is 5.91 Å². The second-order valence-electron chi connectivity index (χ2n) is 8.04. The number of hydrogen-bond acceptors (Lipinski definition) is 8. The van der Waals surface area contributed by atoms with Gasteiger partial charge in [0.15, 0.2) is 0 Å². The van der Waals surface area contributed by atoms with E-state index in [2.05, 4.69) is 26.3 Å². The Morgan fingerprint density at radius 2 is 1.93 bits per heavy atom. The van der Waals surface area contributed by atoms with Crippen molar-refractivity contribution in [2.45, 2.75) is 38.6 Å². The zero-order valence-corrected chi connectivity index (χ0v) is 18.4. The number of anilines is 2. The Morgan fingerprint density at radius 3 is 2.63 bits per heavy atom. The van der Waals surface area contributed by atoms with Gasteiger partial charge in [-0.1, -0.05) is 16.6 Å². The quantitative estimate of drug-likeness (QED) is 0.626. The summed E-state index contributed by atoms with van der Waals surface area (Å²) in [5.74, 6) is 2.03. The summed E-state index contributed by atoms with van der Waals surface area (Å²) >= 11 is 1.15. The van der Waals surface area contributed by atoms with Gasteiger partial charge in [-0.2, -0.15) is 4.98 Å². The van der Waals surface area contributed by atoms with Crippen molar-refractivity contribution in [2.75, 3.05) is 30.9 Å². The van der Waals surface area contributed by atoms with Crippen LogP contribution in [0.3, 0.4) is 0 Å². The lowest BCUT2D eigenvalue weighted by atomic mass is 9.86. The Labute approximate surface area is 180 Å². The summed E-state index contributed by atoms with van der Waals surface area (Å²) in [5.41, 5.74) is 1.64. The number of aromatic nitrogens is 4. The predicted molar refractivity (Wildman–Crippen MR) is 120 cm³/mol. The van der Waals surface area contributed by atoms with Crippen molar-refractivity contribution in [1.82, 2.24) is 24.9 Å². The van der Waals surface area contributed by atoms with Crippen LogP contribution in [0.2, 0.25) is 0 Å². The maximum Gasteiger partial charge on any atom is 0.264 e. The van der Waals surface area contributed by atoms with Crippen molar-refractivity contribution in [2.24, 2.45) is 5.92 Å². The fourth-order valence-corrected chi connectivity index (χ4v) is 4.49. The van der Waals surface area contributed by atoms with Gasteiger partial charge in [-0.25, -0.2) is 4.98 Å². The van der Waals surface area contributed by atoms with E-state index in [1.807, 2.05) is 44.1 Å². The lowest BCUT2D eigenvalue weighted by Gasteiger charge is -2.29. The minimum atomic E-state index is -0.0662. The molecule has 1 fully saturated rings. The molecule has 0 radical (unpaired) electrons. The molecule has 0 spiro atoms. The van der Waals surface area contributed by atoms with Gasteiger partial charge >= 0.3 is 0 Å². The summed E-state index contributed by atoms with van der Waals surface area (Å²) in [6.07, 6.45) is 4.20. The summed E-state index contributed by atoms with van der Waals surface area (Å²) in [6.45, 7) is 2.51. The first-order valence-electron chi connectivity index (χ1n) is 10.3. The average Bonchev–Trinajstić information content (AvgIpc) is 3.18. The van der Waals surface area contributed by atoms with Gasteiger partial charge in [0.1, 0.15) is 10.7 Å². The van der Waals surface area contributed by atoms with Gasteiger partial charge in [0.2, 0.25) is 5.95 Å². The first-order valence-corrected chi connectivity index (χ1v) is 11.1. The van der Waals surface area contributed by atoms with Crippen LogP contribution in [0, 0.1) is 12.8 Å².